The molecule has 1 rings (SSSR count). The normalized spacial score (nSPS) is 12.3. The summed E-state index contributed by atoms with van der Waals surface area (Å²) in [4.78, 5) is 4.16. The van der Waals surface area contributed by atoms with Gasteiger partial charge in [0.05, 0.1) is 5.69 Å². The van der Waals surface area contributed by atoms with Crippen LogP contribution in [-0.4, -0.2) is 19.4 Å². The Morgan fingerprint density at radius 1 is 1.60 bits per heavy atom. The number of primary sulfonamides is 1. The number of sulfonamides is 1. The monoisotopic (exact) mass is 249 g/mol. The van der Waals surface area contributed by atoms with E-state index in [9.17, 15) is 8.42 Å². The first-order valence-electron chi connectivity index (χ1n) is 4.54. The minimum absolute atomic E-state index is 0.181. The van der Waals surface area contributed by atoms with Crippen LogP contribution in [0, 0.1) is 0 Å². The van der Waals surface area contributed by atoms with Crippen LogP contribution in [0.15, 0.2) is 5.38 Å². The van der Waals surface area contributed by atoms with Gasteiger partial charge in [0, 0.05) is 18.0 Å². The minimum atomic E-state index is -3.47. The van der Waals surface area contributed by atoms with Crippen LogP contribution in [0.3, 0.4) is 0 Å². The number of rotatable bonds is 5. The zero-order chi connectivity index (χ0) is 11.5. The molecule has 0 fully saturated rings. The average Bonchev–Trinajstić information content (AvgIpc) is 2.45. The SMILES string of the molecule is CC(C)NCc1csc(CS(N)(=O)=O)n1. The minimum Gasteiger partial charge on any atom is -0.309 e. The van der Waals surface area contributed by atoms with E-state index in [2.05, 4.69) is 10.3 Å². The molecular weight excluding hydrogens is 234 g/mol. The van der Waals surface area contributed by atoms with Gasteiger partial charge in [-0.25, -0.2) is 18.5 Å². The fourth-order valence-electron chi connectivity index (χ4n) is 0.977. The van der Waals surface area contributed by atoms with Crippen molar-refractivity contribution >= 4 is 21.4 Å². The molecule has 0 saturated carbocycles. The zero-order valence-electron chi connectivity index (χ0n) is 8.73. The van der Waals surface area contributed by atoms with Gasteiger partial charge in [0.25, 0.3) is 0 Å². The summed E-state index contributed by atoms with van der Waals surface area (Å²) < 4.78 is 21.6. The Hall–Kier alpha value is -0.500. The molecule has 0 spiro atoms. The molecule has 1 aromatic heterocycles. The molecule has 5 nitrogen and oxygen atoms in total. The predicted octanol–water partition coefficient (Wildman–Crippen LogP) is 0.430. The van der Waals surface area contributed by atoms with E-state index in [-0.39, 0.29) is 5.75 Å². The molecule has 0 aliphatic rings. The molecule has 0 aromatic carbocycles. The van der Waals surface area contributed by atoms with Crippen LogP contribution < -0.4 is 10.5 Å². The van der Waals surface area contributed by atoms with Crippen molar-refractivity contribution in [1.29, 1.82) is 0 Å². The van der Waals surface area contributed by atoms with Crippen LogP contribution >= 0.6 is 11.3 Å². The van der Waals surface area contributed by atoms with E-state index in [1.807, 2.05) is 19.2 Å². The van der Waals surface area contributed by atoms with Crippen LogP contribution in [0.5, 0.6) is 0 Å². The highest BCUT2D eigenvalue weighted by Gasteiger charge is 2.09. The first-order chi connectivity index (χ1) is 6.87. The van der Waals surface area contributed by atoms with Crippen molar-refractivity contribution in [2.75, 3.05) is 0 Å². The molecule has 15 heavy (non-hydrogen) atoms. The maximum absolute atomic E-state index is 10.8. The fourth-order valence-corrected chi connectivity index (χ4v) is 2.73. The van der Waals surface area contributed by atoms with E-state index < -0.39 is 10.0 Å². The first-order valence-corrected chi connectivity index (χ1v) is 7.13. The third-order valence-corrected chi connectivity index (χ3v) is 3.37. The smallest absolute Gasteiger partial charge is 0.215 e. The highest BCUT2D eigenvalue weighted by molar-refractivity contribution is 7.88. The van der Waals surface area contributed by atoms with Gasteiger partial charge in [0.2, 0.25) is 10.0 Å². The lowest BCUT2D eigenvalue weighted by Crippen LogP contribution is -2.22. The second kappa shape index (κ2) is 5.02. The van der Waals surface area contributed by atoms with Crippen LogP contribution in [0.25, 0.3) is 0 Å². The van der Waals surface area contributed by atoms with Crippen molar-refractivity contribution < 1.29 is 8.42 Å². The Bertz CT molecular complexity index is 411. The number of nitrogens with two attached hydrogens (primary N) is 1. The van der Waals surface area contributed by atoms with Crippen molar-refractivity contribution in [2.24, 2.45) is 5.14 Å². The van der Waals surface area contributed by atoms with Gasteiger partial charge < -0.3 is 5.32 Å². The molecule has 0 atom stereocenters. The summed E-state index contributed by atoms with van der Waals surface area (Å²) in [6, 6.07) is 0.383. The molecule has 0 saturated heterocycles. The Morgan fingerprint density at radius 2 is 2.27 bits per heavy atom. The van der Waals surface area contributed by atoms with E-state index >= 15 is 0 Å². The summed E-state index contributed by atoms with van der Waals surface area (Å²) >= 11 is 1.32. The quantitative estimate of drug-likeness (QED) is 0.792. The molecule has 0 amide bonds. The molecule has 1 heterocycles. The Morgan fingerprint density at radius 3 is 2.80 bits per heavy atom. The number of nitrogens with one attached hydrogen (secondary N) is 1. The molecule has 0 radical (unpaired) electrons. The number of hydrogen-bond acceptors (Lipinski definition) is 5. The van der Waals surface area contributed by atoms with Crippen LogP contribution in [-0.2, 0) is 22.3 Å². The third-order valence-electron chi connectivity index (χ3n) is 1.62. The standard InChI is InChI=1S/C8H15N3O2S2/c1-6(2)10-3-7-4-14-8(11-7)5-15(9,12)13/h4,6,10H,3,5H2,1-2H3,(H2,9,12,13). The maximum atomic E-state index is 10.8. The summed E-state index contributed by atoms with van der Waals surface area (Å²) in [6.45, 7) is 4.73. The van der Waals surface area contributed by atoms with Crippen molar-refractivity contribution in [2.45, 2.75) is 32.2 Å². The van der Waals surface area contributed by atoms with Crippen molar-refractivity contribution in [3.05, 3.63) is 16.1 Å². The number of hydrogen-bond donors (Lipinski definition) is 2. The summed E-state index contributed by atoms with van der Waals surface area (Å²) in [5.41, 5.74) is 0.854. The summed E-state index contributed by atoms with van der Waals surface area (Å²) in [5, 5.41) is 10.5. The van der Waals surface area contributed by atoms with Crippen molar-refractivity contribution in [3.8, 4) is 0 Å². The molecule has 3 N–H and O–H groups in total. The van der Waals surface area contributed by atoms with Crippen LogP contribution in [0.4, 0.5) is 0 Å². The molecule has 0 unspecified atom stereocenters. The average molecular weight is 249 g/mol. The number of aromatic nitrogens is 1. The molecule has 1 aromatic rings. The Labute approximate surface area is 93.8 Å². The van der Waals surface area contributed by atoms with Crippen LogP contribution in [0.2, 0.25) is 0 Å². The third kappa shape index (κ3) is 5.22. The maximum Gasteiger partial charge on any atom is 0.215 e. The first kappa shape index (κ1) is 12.6. The highest BCUT2D eigenvalue weighted by atomic mass is 32.2. The fraction of sp³-hybridized carbons (Fsp3) is 0.625. The molecular formula is C8H15N3O2S2. The van der Waals surface area contributed by atoms with E-state index in [1.54, 1.807) is 0 Å². The lowest BCUT2D eigenvalue weighted by molar-refractivity contribution is 0.581. The molecule has 86 valence electrons. The van der Waals surface area contributed by atoms with Gasteiger partial charge in [-0.15, -0.1) is 11.3 Å². The lowest BCUT2D eigenvalue weighted by Gasteiger charge is -2.04. The summed E-state index contributed by atoms with van der Waals surface area (Å²) in [5.74, 6) is -0.181. The van der Waals surface area contributed by atoms with Gasteiger partial charge in [0.15, 0.2) is 0 Å². The zero-order valence-corrected chi connectivity index (χ0v) is 10.4. The van der Waals surface area contributed by atoms with Crippen LogP contribution in [0.1, 0.15) is 24.5 Å². The van der Waals surface area contributed by atoms with E-state index in [0.717, 1.165) is 5.69 Å². The summed E-state index contributed by atoms with van der Waals surface area (Å²) in [7, 11) is -3.47. The van der Waals surface area contributed by atoms with Gasteiger partial charge in [-0.05, 0) is 0 Å². The Kier molecular flexibility index (Phi) is 4.21. The van der Waals surface area contributed by atoms with E-state index in [4.69, 9.17) is 5.14 Å². The van der Waals surface area contributed by atoms with Gasteiger partial charge in [0.1, 0.15) is 10.8 Å². The molecule has 0 aliphatic carbocycles. The number of nitrogens with zero attached hydrogens (tertiary/aromatic N) is 1. The van der Waals surface area contributed by atoms with Gasteiger partial charge in [-0.3, -0.25) is 0 Å². The van der Waals surface area contributed by atoms with E-state index in [0.29, 0.717) is 17.6 Å². The van der Waals surface area contributed by atoms with E-state index in [1.165, 1.54) is 11.3 Å². The van der Waals surface area contributed by atoms with Gasteiger partial charge >= 0.3 is 0 Å². The Balaban J connectivity index is 2.57. The highest BCUT2D eigenvalue weighted by Crippen LogP contribution is 2.11. The van der Waals surface area contributed by atoms with Crippen molar-refractivity contribution in [1.82, 2.24) is 10.3 Å². The second-order valence-electron chi connectivity index (χ2n) is 3.58. The molecule has 0 bridgehead atoms. The largest absolute Gasteiger partial charge is 0.309 e. The predicted molar refractivity (Wildman–Crippen MR) is 60.9 cm³/mol. The molecule has 0 aliphatic heterocycles. The summed E-state index contributed by atoms with van der Waals surface area (Å²) in [6.07, 6.45) is 0. The second-order valence-corrected chi connectivity index (χ2v) is 6.13. The lowest BCUT2D eigenvalue weighted by atomic mass is 10.4. The van der Waals surface area contributed by atoms with Gasteiger partial charge in [-0.2, -0.15) is 0 Å². The number of thiazole rings is 1. The molecule has 7 heteroatoms. The topological polar surface area (TPSA) is 85.1 Å². The van der Waals surface area contributed by atoms with Crippen molar-refractivity contribution in [3.63, 3.8) is 0 Å². The van der Waals surface area contributed by atoms with Gasteiger partial charge in [-0.1, -0.05) is 13.8 Å².